The summed E-state index contributed by atoms with van der Waals surface area (Å²) in [7, 11) is 0. The predicted molar refractivity (Wildman–Crippen MR) is 158 cm³/mol. The van der Waals surface area contributed by atoms with Gasteiger partial charge in [-0.15, -0.1) is 0 Å². The Morgan fingerprint density at radius 2 is 1.66 bits per heavy atom. The van der Waals surface area contributed by atoms with Gasteiger partial charge in [0.2, 0.25) is 0 Å². The van der Waals surface area contributed by atoms with E-state index in [1.54, 1.807) is 24.3 Å². The lowest BCUT2D eigenvalue weighted by Crippen LogP contribution is -2.56. The number of anilines is 2. The van der Waals surface area contributed by atoms with Crippen LogP contribution in [0.1, 0.15) is 39.1 Å². The number of para-hydroxylation sites is 1. The second-order valence-electron chi connectivity index (χ2n) is 11.6. The molecule has 1 N–H and O–H groups in total. The minimum Gasteiger partial charge on any atom is -0.478 e. The van der Waals surface area contributed by atoms with Crippen LogP contribution in [-0.4, -0.2) is 72.9 Å². The summed E-state index contributed by atoms with van der Waals surface area (Å²) in [5.74, 6) is -4.85. The van der Waals surface area contributed by atoms with Crippen LogP contribution in [-0.2, 0) is 11.3 Å². The molecule has 0 aliphatic carbocycles. The third-order valence-corrected chi connectivity index (χ3v) is 9.28. The zero-order valence-electron chi connectivity index (χ0n) is 23.2. The van der Waals surface area contributed by atoms with Crippen molar-refractivity contribution in [1.29, 1.82) is 0 Å². The lowest BCUT2D eigenvalue weighted by atomic mass is 9.96. The van der Waals surface area contributed by atoms with E-state index in [0.717, 1.165) is 18.9 Å². The van der Waals surface area contributed by atoms with Crippen LogP contribution in [0.3, 0.4) is 0 Å². The van der Waals surface area contributed by atoms with Crippen molar-refractivity contribution >= 4 is 46.5 Å². The first kappa shape index (κ1) is 29.1. The fraction of sp³-hybridized carbons (Fsp3) is 0.355. The van der Waals surface area contributed by atoms with E-state index < -0.39 is 36.7 Å². The lowest BCUT2D eigenvalue weighted by molar-refractivity contribution is -0.0262. The summed E-state index contributed by atoms with van der Waals surface area (Å²) in [6.07, 6.45) is 1.71. The van der Waals surface area contributed by atoms with Crippen molar-refractivity contribution in [3.63, 3.8) is 0 Å². The van der Waals surface area contributed by atoms with Gasteiger partial charge in [-0.2, -0.15) is 0 Å². The number of hydrogen-bond acceptors (Lipinski definition) is 6. The van der Waals surface area contributed by atoms with Crippen LogP contribution in [0.15, 0.2) is 42.5 Å². The van der Waals surface area contributed by atoms with Crippen molar-refractivity contribution in [3.8, 4) is 16.9 Å². The number of carboxylic acid groups (broad SMARTS) is 1. The molecule has 0 spiro atoms. The average Bonchev–Trinajstić information content (AvgIpc) is 3.21. The van der Waals surface area contributed by atoms with Gasteiger partial charge in [0.25, 0.3) is 11.8 Å². The van der Waals surface area contributed by atoms with Crippen molar-refractivity contribution in [2.45, 2.75) is 37.4 Å². The van der Waals surface area contributed by atoms with E-state index in [1.807, 2.05) is 4.90 Å². The van der Waals surface area contributed by atoms with Crippen molar-refractivity contribution < 1.29 is 37.3 Å². The molecular weight excluding hydrogens is 622 g/mol. The van der Waals surface area contributed by atoms with Gasteiger partial charge in [0.1, 0.15) is 11.6 Å². The van der Waals surface area contributed by atoms with E-state index in [4.69, 9.17) is 32.7 Å². The van der Waals surface area contributed by atoms with Gasteiger partial charge >= 0.3 is 5.97 Å². The maximum absolute atomic E-state index is 15.6. The highest BCUT2D eigenvalue weighted by molar-refractivity contribution is 6.40. The molecule has 230 valence electrons. The van der Waals surface area contributed by atoms with Crippen LogP contribution < -0.4 is 14.5 Å². The molecule has 3 aromatic rings. The normalized spacial score (nSPS) is 21.9. The van der Waals surface area contributed by atoms with Crippen molar-refractivity contribution in [1.82, 2.24) is 4.90 Å². The van der Waals surface area contributed by atoms with E-state index >= 15 is 4.39 Å². The zero-order chi connectivity index (χ0) is 30.9. The molecule has 0 aromatic heterocycles. The third-order valence-electron chi connectivity index (χ3n) is 8.68. The number of alkyl halides is 2. The Balaban J connectivity index is 1.18. The van der Waals surface area contributed by atoms with Gasteiger partial charge in [0, 0.05) is 22.4 Å². The Kier molecular flexibility index (Phi) is 7.10. The molecule has 4 aliphatic heterocycles. The predicted octanol–water partition coefficient (Wildman–Crippen LogP) is 6.31. The number of hydrogen-bond donors (Lipinski definition) is 1. The van der Waals surface area contributed by atoms with E-state index in [9.17, 15) is 23.5 Å². The smallest absolute Gasteiger partial charge is 0.337 e. The van der Waals surface area contributed by atoms with Crippen LogP contribution in [0, 0.1) is 5.82 Å². The fourth-order valence-electron chi connectivity index (χ4n) is 6.59. The van der Waals surface area contributed by atoms with Gasteiger partial charge in [0.15, 0.2) is 6.73 Å². The monoisotopic (exact) mass is 647 g/mol. The first-order valence-electron chi connectivity index (χ1n) is 14.1. The van der Waals surface area contributed by atoms with Crippen molar-refractivity contribution in [3.05, 3.63) is 75.0 Å². The van der Waals surface area contributed by atoms with Gasteiger partial charge in [-0.3, -0.25) is 4.79 Å². The van der Waals surface area contributed by atoms with Gasteiger partial charge in [0.05, 0.1) is 71.8 Å². The number of amides is 1. The standard InChI is InChI=1S/C31H26Cl2F3N3O5/c32-23-6-19(38-13-31(35,36)14-38)7-24(33)27(23)29(40)37-10-16-2-1-3-20(28(16)44-15-37)21-9-26(22(30(41)42)8-25(21)34)39-17-4-5-18(39)12-43-11-17/h1-3,6-9,17-18H,4-5,10-15H2,(H,41,42). The highest BCUT2D eigenvalue weighted by Gasteiger charge is 2.44. The average molecular weight is 648 g/mol. The maximum Gasteiger partial charge on any atom is 0.337 e. The summed E-state index contributed by atoms with van der Waals surface area (Å²) in [6.45, 7) is -0.0572. The first-order chi connectivity index (χ1) is 21.0. The molecule has 2 atom stereocenters. The Hall–Kier alpha value is -3.67. The number of morpholine rings is 1. The molecule has 2 bridgehead atoms. The largest absolute Gasteiger partial charge is 0.478 e. The summed E-state index contributed by atoms with van der Waals surface area (Å²) in [5, 5.41) is 9.97. The van der Waals surface area contributed by atoms with Crippen molar-refractivity contribution in [2.75, 3.05) is 42.8 Å². The summed E-state index contributed by atoms with van der Waals surface area (Å²) in [4.78, 5) is 30.5. The zero-order valence-corrected chi connectivity index (χ0v) is 24.7. The highest BCUT2D eigenvalue weighted by atomic mass is 35.5. The number of fused-ring (bicyclic) bond motifs is 3. The minimum absolute atomic E-state index is 0.00485. The number of benzene rings is 3. The fourth-order valence-corrected chi connectivity index (χ4v) is 7.23. The molecule has 0 radical (unpaired) electrons. The van der Waals surface area contributed by atoms with Gasteiger partial charge in [-0.1, -0.05) is 41.4 Å². The molecule has 44 heavy (non-hydrogen) atoms. The number of carbonyl (C=O) groups excluding carboxylic acids is 1. The molecule has 2 unspecified atom stereocenters. The van der Waals surface area contributed by atoms with Crippen LogP contribution in [0.4, 0.5) is 24.5 Å². The second-order valence-corrected chi connectivity index (χ2v) is 12.4. The number of carbonyl (C=O) groups is 2. The number of nitrogens with zero attached hydrogens (tertiary/aromatic N) is 3. The van der Waals surface area contributed by atoms with E-state index in [0.29, 0.717) is 41.5 Å². The molecule has 1 amide bonds. The highest BCUT2D eigenvalue weighted by Crippen LogP contribution is 2.44. The van der Waals surface area contributed by atoms with Gasteiger partial charge < -0.3 is 29.3 Å². The molecule has 0 saturated carbocycles. The summed E-state index contributed by atoms with van der Waals surface area (Å²) in [5.41, 5.74) is 1.95. The van der Waals surface area contributed by atoms with E-state index in [-0.39, 0.29) is 52.1 Å². The number of rotatable bonds is 5. The van der Waals surface area contributed by atoms with Crippen LogP contribution >= 0.6 is 23.2 Å². The molecule has 3 fully saturated rings. The Morgan fingerprint density at radius 3 is 2.30 bits per heavy atom. The van der Waals surface area contributed by atoms with Crippen LogP contribution in [0.2, 0.25) is 10.0 Å². The summed E-state index contributed by atoms with van der Waals surface area (Å²) < 4.78 is 54.0. The van der Waals surface area contributed by atoms with E-state index in [1.165, 1.54) is 21.9 Å². The number of carboxylic acids is 1. The Morgan fingerprint density at radius 1 is 0.977 bits per heavy atom. The summed E-state index contributed by atoms with van der Waals surface area (Å²) in [6, 6.07) is 10.7. The first-order valence-corrected chi connectivity index (χ1v) is 14.9. The van der Waals surface area contributed by atoms with E-state index in [2.05, 4.69) is 0 Å². The van der Waals surface area contributed by atoms with Gasteiger partial charge in [-0.25, -0.2) is 18.0 Å². The molecular formula is C31H26Cl2F3N3O5. The SMILES string of the molecule is O=C(O)c1cc(F)c(-c2cccc3c2OCN(C(=O)c2c(Cl)cc(N4CC(F)(F)C4)cc2Cl)C3)cc1N1C2CCC1COC2. The molecule has 3 aromatic carbocycles. The Bertz CT molecular complexity index is 1660. The molecule has 8 nitrogen and oxygen atoms in total. The van der Waals surface area contributed by atoms with Gasteiger partial charge in [-0.05, 0) is 37.1 Å². The molecule has 4 aliphatic rings. The Labute approximate surface area is 260 Å². The molecule has 3 saturated heterocycles. The third kappa shape index (κ3) is 4.91. The molecule has 13 heteroatoms. The number of ether oxygens (including phenoxy) is 2. The minimum atomic E-state index is -2.78. The van der Waals surface area contributed by atoms with Crippen molar-refractivity contribution in [2.24, 2.45) is 0 Å². The number of aromatic carboxylic acids is 1. The van der Waals surface area contributed by atoms with Crippen LogP contribution in [0.25, 0.3) is 11.1 Å². The van der Waals surface area contributed by atoms with Crippen LogP contribution in [0.5, 0.6) is 5.75 Å². The summed E-state index contributed by atoms with van der Waals surface area (Å²) >= 11 is 12.8. The maximum atomic E-state index is 15.6. The molecule has 7 rings (SSSR count). The number of halogens is 5. The second kappa shape index (κ2) is 10.7. The molecule has 4 heterocycles. The quantitative estimate of drug-likeness (QED) is 0.347. The topological polar surface area (TPSA) is 82.5 Å². The lowest BCUT2D eigenvalue weighted by Gasteiger charge is -2.40.